The van der Waals surface area contributed by atoms with Crippen LogP contribution in [0.4, 0.5) is 56.0 Å². The number of hydrogen-bond donors (Lipinski definition) is 5. The Morgan fingerprint density at radius 2 is 1.04 bits per heavy atom. The summed E-state index contributed by atoms with van der Waals surface area (Å²) in [5, 5.41) is 55.3. The maximum atomic E-state index is 12.1. The van der Waals surface area contributed by atoms with Crippen molar-refractivity contribution in [3.05, 3.63) is 95.1 Å². The Hall–Kier alpha value is -7.34. The van der Waals surface area contributed by atoms with Crippen LogP contribution in [0.15, 0.2) is 108 Å². The van der Waals surface area contributed by atoms with Gasteiger partial charge in [-0.05, 0) is 124 Å². The van der Waals surface area contributed by atoms with E-state index in [4.69, 9.17) is 4.98 Å². The standard InChI is InChI=1S/C47H47N15O7S5/c1-7-61(8-2)31-15-17-35(55-57-43-33(25-48)41(59-71-43)29-13-11-27(5)39(21-29)73(64,65)66)37(23-31)50-45-52-46(54-47(53-45)70-20-19-63)51-38-24-32(62(9-3)10-4)16-18-36(38)56-58-44-34(26-49)42(60-72-44)30-14-12-28(6)40(22-30)74(67,68)69/h11-18,21-24,63H,7-10,19-20H2,1-6H3,(H,64,65,66)(H,67,68,69)(H2,50,51,52,53,54). The number of azo groups is 2. The Bertz CT molecular complexity index is 3380. The smallest absolute Gasteiger partial charge is 0.294 e. The average molecular weight is 1090 g/mol. The number of nitrogens with zero attached hydrogens (tertiary/aromatic N) is 13. The topological polar surface area (TPSA) is 321 Å². The van der Waals surface area contributed by atoms with Gasteiger partial charge >= 0.3 is 0 Å². The molecule has 7 aromatic rings. The Morgan fingerprint density at radius 3 is 1.41 bits per heavy atom. The lowest BCUT2D eigenvalue weighted by Crippen LogP contribution is -2.21. The Balaban J connectivity index is 1.27. The first-order chi connectivity index (χ1) is 35.4. The number of rotatable bonds is 21. The van der Waals surface area contributed by atoms with Gasteiger partial charge < -0.3 is 25.5 Å². The minimum absolute atomic E-state index is 0.0438. The lowest BCUT2D eigenvalue weighted by atomic mass is 10.1. The normalized spacial score (nSPS) is 11.8. The molecule has 382 valence electrons. The van der Waals surface area contributed by atoms with Gasteiger partial charge in [-0.1, -0.05) is 36.0 Å². The van der Waals surface area contributed by atoms with Gasteiger partial charge in [0.25, 0.3) is 20.2 Å². The first kappa shape index (κ1) is 54.4. The van der Waals surface area contributed by atoms with Gasteiger partial charge in [0.2, 0.25) is 11.9 Å². The molecule has 3 aromatic heterocycles. The van der Waals surface area contributed by atoms with Crippen LogP contribution in [-0.4, -0.2) is 93.3 Å². The van der Waals surface area contributed by atoms with Crippen molar-refractivity contribution in [3.8, 4) is 34.7 Å². The summed E-state index contributed by atoms with van der Waals surface area (Å²) in [6, 6.07) is 23.8. The number of nitrogens with one attached hydrogen (secondary N) is 2. The number of aliphatic hydroxyl groups excluding tert-OH is 1. The second kappa shape index (κ2) is 23.7. The number of aryl methyl sites for hydroxylation is 2. The third-order valence-electron chi connectivity index (χ3n) is 11.2. The molecule has 0 saturated carbocycles. The van der Waals surface area contributed by atoms with Crippen LogP contribution >= 0.6 is 34.8 Å². The third kappa shape index (κ3) is 12.5. The molecule has 0 fully saturated rings. The summed E-state index contributed by atoms with van der Waals surface area (Å²) in [5.74, 6) is 0.414. The Morgan fingerprint density at radius 1 is 0.622 bits per heavy atom. The zero-order valence-corrected chi connectivity index (χ0v) is 44.6. The molecular formula is C47H47N15O7S5. The predicted molar refractivity (Wildman–Crippen MR) is 286 cm³/mol. The molecule has 27 heteroatoms. The van der Waals surface area contributed by atoms with Crippen molar-refractivity contribution in [1.82, 2.24) is 23.7 Å². The molecule has 0 aliphatic carbocycles. The number of thioether (sulfide) groups is 1. The summed E-state index contributed by atoms with van der Waals surface area (Å²) in [5.41, 5.74) is 4.78. The molecule has 0 unspecified atom stereocenters. The summed E-state index contributed by atoms with van der Waals surface area (Å²) in [6.07, 6.45) is 0. The molecule has 0 spiro atoms. The summed E-state index contributed by atoms with van der Waals surface area (Å²) >= 11 is 2.95. The van der Waals surface area contributed by atoms with Crippen LogP contribution in [0.1, 0.15) is 49.9 Å². The van der Waals surface area contributed by atoms with Crippen molar-refractivity contribution in [2.75, 3.05) is 59.0 Å². The molecule has 3 heterocycles. The van der Waals surface area contributed by atoms with Gasteiger partial charge in [0.05, 0.1) is 27.8 Å². The monoisotopic (exact) mass is 1090 g/mol. The van der Waals surface area contributed by atoms with Crippen LogP contribution in [0.5, 0.6) is 0 Å². The van der Waals surface area contributed by atoms with Crippen LogP contribution in [0.25, 0.3) is 22.5 Å². The fourth-order valence-electron chi connectivity index (χ4n) is 7.45. The molecule has 0 radical (unpaired) electrons. The van der Waals surface area contributed by atoms with Crippen LogP contribution in [-0.2, 0) is 20.2 Å². The van der Waals surface area contributed by atoms with Crippen molar-refractivity contribution < 1.29 is 31.0 Å². The summed E-state index contributed by atoms with van der Waals surface area (Å²) in [6.45, 7) is 13.7. The van der Waals surface area contributed by atoms with E-state index >= 15 is 0 Å². The molecule has 0 aliphatic heterocycles. The quantitative estimate of drug-likeness (QED) is 0.0254. The number of aliphatic hydroxyl groups is 1. The molecular weight excluding hydrogens is 1050 g/mol. The lowest BCUT2D eigenvalue weighted by Gasteiger charge is -2.22. The highest BCUT2D eigenvalue weighted by atomic mass is 32.2. The van der Waals surface area contributed by atoms with Crippen LogP contribution in [0.3, 0.4) is 0 Å². The molecule has 0 atom stereocenters. The minimum Gasteiger partial charge on any atom is -0.396 e. The zero-order valence-electron chi connectivity index (χ0n) is 40.5. The van der Waals surface area contributed by atoms with E-state index in [-0.39, 0.29) is 82.8 Å². The zero-order chi connectivity index (χ0) is 53.3. The number of aromatic nitrogens is 5. The SMILES string of the molecule is CCN(CC)c1ccc(N=Nc2snc(-c3ccc(C)c(S(=O)(=O)O)c3)c2C#N)c(Nc2nc(Nc3cc(N(CC)CC)ccc3N=Nc3snc(-c4ccc(C)c(S(=O)(=O)O)c4)c3C#N)nc(SCCO)n2)c1. The first-order valence-corrected chi connectivity index (χ1v) is 28.0. The third-order valence-corrected chi connectivity index (χ3v) is 15.5. The molecule has 4 aromatic carbocycles. The fraction of sp³-hybridized carbons (Fsp3) is 0.255. The highest BCUT2D eigenvalue weighted by Gasteiger charge is 2.23. The van der Waals surface area contributed by atoms with Crippen molar-refractivity contribution in [3.63, 3.8) is 0 Å². The fourth-order valence-corrected chi connectivity index (χ4v) is 10.9. The second-order valence-corrected chi connectivity index (χ2v) is 21.1. The average Bonchev–Trinajstić information content (AvgIpc) is 3.99. The van der Waals surface area contributed by atoms with Gasteiger partial charge in [0.1, 0.15) is 46.0 Å². The number of anilines is 6. The summed E-state index contributed by atoms with van der Waals surface area (Å²) < 4.78 is 76.7. The molecule has 22 nitrogen and oxygen atoms in total. The highest BCUT2D eigenvalue weighted by Crippen LogP contribution is 2.41. The van der Waals surface area contributed by atoms with Gasteiger partial charge in [-0.3, -0.25) is 9.11 Å². The van der Waals surface area contributed by atoms with Crippen molar-refractivity contribution in [1.29, 1.82) is 10.5 Å². The van der Waals surface area contributed by atoms with Gasteiger partial charge in [0.15, 0.2) is 15.2 Å². The Labute approximate surface area is 439 Å². The first-order valence-electron chi connectivity index (χ1n) is 22.5. The van der Waals surface area contributed by atoms with Gasteiger partial charge in [0, 0.05) is 54.4 Å². The van der Waals surface area contributed by atoms with E-state index in [9.17, 15) is 41.6 Å². The second-order valence-electron chi connectivity index (χ2n) is 15.8. The van der Waals surface area contributed by atoms with Crippen LogP contribution in [0, 0.1) is 36.5 Å². The lowest BCUT2D eigenvalue weighted by molar-refractivity contribution is 0.322. The number of benzene rings is 4. The maximum absolute atomic E-state index is 12.1. The largest absolute Gasteiger partial charge is 0.396 e. The van der Waals surface area contributed by atoms with Gasteiger partial charge in [-0.2, -0.15) is 51.1 Å². The van der Waals surface area contributed by atoms with E-state index in [1.165, 1.54) is 49.9 Å². The molecule has 0 amide bonds. The maximum Gasteiger partial charge on any atom is 0.294 e. The number of hydrogen-bond acceptors (Lipinski definition) is 23. The van der Waals surface area contributed by atoms with E-state index in [1.54, 1.807) is 24.3 Å². The molecule has 0 bridgehead atoms. The molecule has 74 heavy (non-hydrogen) atoms. The van der Waals surface area contributed by atoms with E-state index in [0.717, 1.165) is 34.4 Å². The van der Waals surface area contributed by atoms with E-state index < -0.39 is 20.2 Å². The Kier molecular flexibility index (Phi) is 17.4. The van der Waals surface area contributed by atoms with Gasteiger partial charge in [-0.15, -0.1) is 20.5 Å². The van der Waals surface area contributed by atoms with Crippen molar-refractivity contribution in [2.24, 2.45) is 20.5 Å². The van der Waals surface area contributed by atoms with E-state index in [0.29, 0.717) is 60.1 Å². The molecule has 0 aliphatic rings. The molecule has 5 N–H and O–H groups in total. The predicted octanol–water partition coefficient (Wildman–Crippen LogP) is 11.1. The van der Waals surface area contributed by atoms with Crippen molar-refractivity contribution >= 4 is 111 Å². The molecule has 0 saturated heterocycles. The highest BCUT2D eigenvalue weighted by molar-refractivity contribution is 7.99. The van der Waals surface area contributed by atoms with Crippen LogP contribution in [0.2, 0.25) is 0 Å². The molecule has 7 rings (SSSR count). The summed E-state index contributed by atoms with van der Waals surface area (Å²) in [7, 11) is -9.11. The summed E-state index contributed by atoms with van der Waals surface area (Å²) in [4.78, 5) is 17.7. The van der Waals surface area contributed by atoms with Crippen LogP contribution < -0.4 is 20.4 Å². The van der Waals surface area contributed by atoms with Crippen molar-refractivity contribution in [2.45, 2.75) is 56.5 Å². The van der Waals surface area contributed by atoms with E-state index in [1.807, 2.05) is 52.0 Å². The van der Waals surface area contributed by atoms with E-state index in [2.05, 4.69) is 71.7 Å². The minimum atomic E-state index is -4.56. The number of nitriles is 2. The van der Waals surface area contributed by atoms with Gasteiger partial charge in [-0.25, -0.2) is 0 Å².